The first-order valence-corrected chi connectivity index (χ1v) is 12.4. The van der Waals surface area contributed by atoms with Gasteiger partial charge in [-0.25, -0.2) is 4.79 Å². The van der Waals surface area contributed by atoms with E-state index in [1.54, 1.807) is 24.3 Å². The van der Waals surface area contributed by atoms with Crippen LogP contribution in [0.2, 0.25) is 0 Å². The van der Waals surface area contributed by atoms with Gasteiger partial charge in [0.15, 0.2) is 5.54 Å². The molecule has 8 nitrogen and oxygen atoms in total. The van der Waals surface area contributed by atoms with E-state index in [2.05, 4.69) is 10.6 Å². The number of benzene rings is 3. The Morgan fingerprint density at radius 2 is 1.73 bits per heavy atom. The van der Waals surface area contributed by atoms with Crippen molar-refractivity contribution >= 4 is 17.8 Å². The molecule has 2 N–H and O–H groups in total. The van der Waals surface area contributed by atoms with Crippen molar-refractivity contribution in [2.45, 2.75) is 38.5 Å². The third-order valence-electron chi connectivity index (χ3n) is 6.68. The SMILES string of the molecule is CCOc1cc2c(cc1CNC(=O)CN1C(=O)NC(c3ccccc3)(c3ccccc3)C1=O)O[C@@H](C)C2. The normalized spacial score (nSPS) is 17.7. The zero-order valence-corrected chi connectivity index (χ0v) is 20.8. The average Bonchev–Trinajstić information content (AvgIpc) is 3.39. The fourth-order valence-electron chi connectivity index (χ4n) is 4.96. The van der Waals surface area contributed by atoms with Crippen LogP contribution in [0.15, 0.2) is 72.8 Å². The average molecular weight is 500 g/mol. The summed E-state index contributed by atoms with van der Waals surface area (Å²) in [5.41, 5.74) is 1.68. The smallest absolute Gasteiger partial charge is 0.326 e. The molecular formula is C29H29N3O5. The number of ether oxygens (including phenoxy) is 2. The molecular weight excluding hydrogens is 470 g/mol. The highest BCUT2D eigenvalue weighted by Crippen LogP contribution is 2.37. The van der Waals surface area contributed by atoms with Gasteiger partial charge in [0.05, 0.1) is 6.61 Å². The number of carbonyl (C=O) groups is 3. The molecule has 4 amide bonds. The number of imide groups is 1. The maximum atomic E-state index is 13.8. The van der Waals surface area contributed by atoms with Gasteiger partial charge in [-0.2, -0.15) is 0 Å². The highest BCUT2D eigenvalue weighted by Gasteiger charge is 2.54. The lowest BCUT2D eigenvalue weighted by atomic mass is 9.82. The van der Waals surface area contributed by atoms with Crippen LogP contribution in [0, 0.1) is 0 Å². The van der Waals surface area contributed by atoms with Crippen molar-refractivity contribution in [3.8, 4) is 11.5 Å². The maximum Gasteiger partial charge on any atom is 0.326 e. The van der Waals surface area contributed by atoms with E-state index in [0.29, 0.717) is 23.5 Å². The van der Waals surface area contributed by atoms with Gasteiger partial charge in [-0.15, -0.1) is 0 Å². The second-order valence-electron chi connectivity index (χ2n) is 9.21. The van der Waals surface area contributed by atoms with Gasteiger partial charge in [0.2, 0.25) is 5.91 Å². The first kappa shape index (κ1) is 24.4. The van der Waals surface area contributed by atoms with Crippen molar-refractivity contribution in [1.82, 2.24) is 15.5 Å². The maximum absolute atomic E-state index is 13.8. The van der Waals surface area contributed by atoms with Crippen molar-refractivity contribution in [2.24, 2.45) is 0 Å². The summed E-state index contributed by atoms with van der Waals surface area (Å²) in [5, 5.41) is 5.68. The van der Waals surface area contributed by atoms with E-state index in [4.69, 9.17) is 9.47 Å². The summed E-state index contributed by atoms with van der Waals surface area (Å²) < 4.78 is 11.6. The Balaban J connectivity index is 1.34. The number of nitrogens with zero attached hydrogens (tertiary/aromatic N) is 1. The molecule has 0 aromatic heterocycles. The predicted molar refractivity (Wildman–Crippen MR) is 137 cm³/mol. The van der Waals surface area contributed by atoms with Gasteiger partial charge in [0.1, 0.15) is 24.1 Å². The molecule has 2 aliphatic rings. The van der Waals surface area contributed by atoms with E-state index in [9.17, 15) is 14.4 Å². The van der Waals surface area contributed by atoms with Gasteiger partial charge < -0.3 is 20.1 Å². The van der Waals surface area contributed by atoms with Crippen LogP contribution in [0.3, 0.4) is 0 Å². The van der Waals surface area contributed by atoms with E-state index in [1.165, 1.54) is 0 Å². The third-order valence-corrected chi connectivity index (χ3v) is 6.68. The second kappa shape index (κ2) is 9.97. The summed E-state index contributed by atoms with van der Waals surface area (Å²) in [6.07, 6.45) is 0.891. The molecule has 8 heteroatoms. The minimum atomic E-state index is -1.41. The second-order valence-corrected chi connectivity index (χ2v) is 9.21. The number of rotatable bonds is 8. The Bertz CT molecular complexity index is 1290. The van der Waals surface area contributed by atoms with E-state index < -0.39 is 29.9 Å². The van der Waals surface area contributed by atoms with Gasteiger partial charge in [-0.1, -0.05) is 60.7 Å². The van der Waals surface area contributed by atoms with Gasteiger partial charge >= 0.3 is 6.03 Å². The van der Waals surface area contributed by atoms with E-state index in [1.807, 2.05) is 62.4 Å². The molecule has 0 saturated carbocycles. The van der Waals surface area contributed by atoms with Crippen molar-refractivity contribution < 1.29 is 23.9 Å². The first-order valence-electron chi connectivity index (χ1n) is 12.4. The van der Waals surface area contributed by atoms with Crippen molar-refractivity contribution in [1.29, 1.82) is 0 Å². The quantitative estimate of drug-likeness (QED) is 0.463. The molecule has 0 unspecified atom stereocenters. The first-order chi connectivity index (χ1) is 17.9. The standard InChI is InChI=1S/C29H29N3O5/c1-3-36-24-15-20-14-19(2)37-25(20)16-21(24)17-30-26(33)18-32-27(34)29(31-28(32)35,22-10-6-4-7-11-22)23-12-8-5-9-13-23/h4-13,15-16,19H,3,14,17-18H2,1-2H3,(H,30,33)(H,31,35)/t19-/m0/s1. The Morgan fingerprint density at radius 1 is 1.08 bits per heavy atom. The topological polar surface area (TPSA) is 97.0 Å². The lowest BCUT2D eigenvalue weighted by Gasteiger charge is -2.28. The van der Waals surface area contributed by atoms with Gasteiger partial charge in [-0.05, 0) is 37.1 Å². The van der Waals surface area contributed by atoms with Crippen molar-refractivity contribution in [2.75, 3.05) is 13.2 Å². The zero-order chi connectivity index (χ0) is 26.0. The Morgan fingerprint density at radius 3 is 2.35 bits per heavy atom. The van der Waals surface area contributed by atoms with E-state index in [0.717, 1.165) is 28.2 Å². The molecule has 0 bridgehead atoms. The summed E-state index contributed by atoms with van der Waals surface area (Å²) >= 11 is 0. The summed E-state index contributed by atoms with van der Waals surface area (Å²) in [6.45, 7) is 4.16. The molecule has 1 saturated heterocycles. The molecule has 0 radical (unpaired) electrons. The van der Waals surface area contributed by atoms with E-state index in [-0.39, 0.29) is 12.6 Å². The number of urea groups is 1. The van der Waals surface area contributed by atoms with E-state index >= 15 is 0 Å². The van der Waals surface area contributed by atoms with Gasteiger partial charge in [0.25, 0.3) is 5.91 Å². The summed E-state index contributed by atoms with van der Waals surface area (Å²) in [6, 6.07) is 21.3. The number of hydrogen-bond donors (Lipinski definition) is 2. The minimum Gasteiger partial charge on any atom is -0.494 e. The molecule has 190 valence electrons. The zero-order valence-electron chi connectivity index (χ0n) is 20.8. The Kier molecular flexibility index (Phi) is 6.56. The van der Waals surface area contributed by atoms with Crippen molar-refractivity contribution in [3.63, 3.8) is 0 Å². The molecule has 2 aliphatic heterocycles. The number of nitrogens with one attached hydrogen (secondary N) is 2. The van der Waals surface area contributed by atoms with Crippen LogP contribution in [0.1, 0.15) is 36.1 Å². The predicted octanol–water partition coefficient (Wildman–Crippen LogP) is 3.52. The fraction of sp³-hybridized carbons (Fsp3) is 0.276. The molecule has 37 heavy (non-hydrogen) atoms. The monoisotopic (exact) mass is 499 g/mol. The van der Waals surface area contributed by atoms with Crippen LogP contribution < -0.4 is 20.1 Å². The highest BCUT2D eigenvalue weighted by molar-refractivity contribution is 6.11. The molecule has 1 fully saturated rings. The van der Waals surface area contributed by atoms with Crippen molar-refractivity contribution in [3.05, 3.63) is 95.1 Å². The van der Waals surface area contributed by atoms with Gasteiger partial charge in [0, 0.05) is 24.1 Å². The van der Waals surface area contributed by atoms with Gasteiger partial charge in [-0.3, -0.25) is 14.5 Å². The number of fused-ring (bicyclic) bond motifs is 1. The van der Waals surface area contributed by atoms with Crippen LogP contribution in [-0.2, 0) is 28.1 Å². The Labute approximate surface area is 215 Å². The molecule has 3 aromatic carbocycles. The summed E-state index contributed by atoms with van der Waals surface area (Å²) in [5.74, 6) is 0.504. The number of amides is 4. The molecule has 3 aromatic rings. The van der Waals surface area contributed by atoms with Crippen LogP contribution in [0.5, 0.6) is 11.5 Å². The van der Waals surface area contributed by atoms with Crippen LogP contribution in [0.4, 0.5) is 4.79 Å². The molecule has 0 aliphatic carbocycles. The molecule has 5 rings (SSSR count). The lowest BCUT2D eigenvalue weighted by molar-refractivity contribution is -0.134. The largest absolute Gasteiger partial charge is 0.494 e. The fourth-order valence-corrected chi connectivity index (χ4v) is 4.96. The molecule has 1 atom stereocenters. The molecule has 2 heterocycles. The molecule has 0 spiro atoms. The van der Waals surface area contributed by atoms with Crippen LogP contribution >= 0.6 is 0 Å². The Hall–Kier alpha value is -4.33. The third kappa shape index (κ3) is 4.50. The minimum absolute atomic E-state index is 0.0866. The van der Waals surface area contributed by atoms with Crippen LogP contribution in [0.25, 0.3) is 0 Å². The summed E-state index contributed by atoms with van der Waals surface area (Å²) in [4.78, 5) is 40.7. The number of hydrogen-bond acceptors (Lipinski definition) is 5. The lowest BCUT2D eigenvalue weighted by Crippen LogP contribution is -2.46. The number of carbonyl (C=O) groups excluding carboxylic acids is 3. The van der Waals surface area contributed by atoms with Crippen LogP contribution in [-0.4, -0.2) is 42.0 Å². The summed E-state index contributed by atoms with van der Waals surface area (Å²) in [7, 11) is 0. The highest BCUT2D eigenvalue weighted by atomic mass is 16.5.